The molecule has 2 amide bonds. The van der Waals surface area contributed by atoms with E-state index in [4.69, 9.17) is 4.52 Å². The first-order valence-corrected chi connectivity index (χ1v) is 9.40. The highest BCUT2D eigenvalue weighted by atomic mass is 32.1. The van der Waals surface area contributed by atoms with E-state index in [1.54, 1.807) is 13.0 Å². The maximum absolute atomic E-state index is 12.2. The number of carbonyl (C=O) groups is 2. The number of carbonyl (C=O) groups excluding carboxylic acids is 2. The van der Waals surface area contributed by atoms with Crippen LogP contribution in [0, 0.1) is 6.92 Å². The molecule has 0 atom stereocenters. The normalized spacial score (nSPS) is 13.8. The van der Waals surface area contributed by atoms with Crippen molar-refractivity contribution >= 4 is 34.1 Å². The van der Waals surface area contributed by atoms with Crippen LogP contribution < -0.4 is 10.6 Å². The van der Waals surface area contributed by atoms with Gasteiger partial charge in [-0.05, 0) is 6.92 Å². The standard InChI is InChI=1S/C17H17N7O3S/c1-10-6-14(23-27-10)21-15(25)9-24-5-2-11-13(8-24)28-17(20-11)22-16(26)12-7-18-3-4-19-12/h3-4,6-7H,2,5,8-9H2,1H3,(H,20,22,26)(H,21,23,25). The molecule has 2 N–H and O–H groups in total. The predicted molar refractivity (Wildman–Crippen MR) is 101 cm³/mol. The number of aromatic nitrogens is 4. The second-order valence-electron chi connectivity index (χ2n) is 6.27. The lowest BCUT2D eigenvalue weighted by atomic mass is 10.2. The van der Waals surface area contributed by atoms with Crippen molar-refractivity contribution < 1.29 is 14.1 Å². The molecule has 10 nitrogen and oxygen atoms in total. The van der Waals surface area contributed by atoms with Crippen LogP contribution in [-0.4, -0.2) is 49.9 Å². The van der Waals surface area contributed by atoms with Crippen LogP contribution in [-0.2, 0) is 17.8 Å². The van der Waals surface area contributed by atoms with Gasteiger partial charge in [-0.25, -0.2) is 9.97 Å². The lowest BCUT2D eigenvalue weighted by Gasteiger charge is -2.24. The maximum Gasteiger partial charge on any atom is 0.277 e. The van der Waals surface area contributed by atoms with Crippen molar-refractivity contribution in [1.29, 1.82) is 0 Å². The van der Waals surface area contributed by atoms with Gasteiger partial charge in [0.05, 0.1) is 18.4 Å². The molecule has 1 aliphatic heterocycles. The molecule has 28 heavy (non-hydrogen) atoms. The van der Waals surface area contributed by atoms with E-state index in [0.717, 1.165) is 10.6 Å². The number of nitrogens with one attached hydrogen (secondary N) is 2. The molecule has 0 fully saturated rings. The summed E-state index contributed by atoms with van der Waals surface area (Å²) in [5, 5.41) is 9.75. The molecule has 3 aromatic rings. The van der Waals surface area contributed by atoms with Crippen LogP contribution in [0.5, 0.6) is 0 Å². The molecule has 144 valence electrons. The Hall–Kier alpha value is -3.18. The average molecular weight is 399 g/mol. The summed E-state index contributed by atoms with van der Waals surface area (Å²) >= 11 is 1.40. The van der Waals surface area contributed by atoms with E-state index in [-0.39, 0.29) is 24.1 Å². The zero-order chi connectivity index (χ0) is 19.5. The fraction of sp³-hybridized carbons (Fsp3) is 0.294. The number of amides is 2. The van der Waals surface area contributed by atoms with Crippen LogP contribution in [0.1, 0.15) is 26.8 Å². The van der Waals surface area contributed by atoms with Crippen molar-refractivity contribution in [1.82, 2.24) is 25.0 Å². The zero-order valence-electron chi connectivity index (χ0n) is 15.0. The maximum atomic E-state index is 12.2. The number of anilines is 2. The molecule has 3 aromatic heterocycles. The SMILES string of the molecule is Cc1cc(NC(=O)CN2CCc3nc(NC(=O)c4cnccn4)sc3C2)no1. The van der Waals surface area contributed by atoms with E-state index in [1.807, 2.05) is 4.90 Å². The van der Waals surface area contributed by atoms with Crippen LogP contribution in [0.15, 0.2) is 29.2 Å². The second-order valence-corrected chi connectivity index (χ2v) is 7.35. The number of nitrogens with zero attached hydrogens (tertiary/aromatic N) is 5. The summed E-state index contributed by atoms with van der Waals surface area (Å²) < 4.78 is 4.94. The topological polar surface area (TPSA) is 126 Å². The lowest BCUT2D eigenvalue weighted by Crippen LogP contribution is -2.36. The minimum absolute atomic E-state index is 0.155. The van der Waals surface area contributed by atoms with Crippen LogP contribution in [0.3, 0.4) is 0 Å². The highest BCUT2D eigenvalue weighted by Gasteiger charge is 2.23. The van der Waals surface area contributed by atoms with Gasteiger partial charge in [0.25, 0.3) is 5.91 Å². The van der Waals surface area contributed by atoms with Gasteiger partial charge >= 0.3 is 0 Å². The van der Waals surface area contributed by atoms with E-state index in [1.165, 1.54) is 29.9 Å². The molecule has 1 aliphatic rings. The van der Waals surface area contributed by atoms with Gasteiger partial charge in [0.1, 0.15) is 11.5 Å². The van der Waals surface area contributed by atoms with E-state index in [2.05, 4.69) is 30.7 Å². The van der Waals surface area contributed by atoms with Gasteiger partial charge in [-0.2, -0.15) is 0 Å². The summed E-state index contributed by atoms with van der Waals surface area (Å²) in [6.45, 7) is 3.31. The fourth-order valence-electron chi connectivity index (χ4n) is 2.83. The Morgan fingerprint density at radius 2 is 2.21 bits per heavy atom. The minimum Gasteiger partial charge on any atom is -0.360 e. The van der Waals surface area contributed by atoms with Gasteiger partial charge in [-0.1, -0.05) is 5.16 Å². The molecule has 0 spiro atoms. The molecule has 0 saturated carbocycles. The van der Waals surface area contributed by atoms with Crippen molar-refractivity contribution in [2.24, 2.45) is 0 Å². The van der Waals surface area contributed by atoms with E-state index >= 15 is 0 Å². The molecular weight excluding hydrogens is 382 g/mol. The molecule has 0 saturated heterocycles. The van der Waals surface area contributed by atoms with Gasteiger partial charge in [-0.3, -0.25) is 24.8 Å². The van der Waals surface area contributed by atoms with Crippen molar-refractivity contribution in [3.8, 4) is 0 Å². The van der Waals surface area contributed by atoms with Crippen LogP contribution >= 0.6 is 11.3 Å². The second kappa shape index (κ2) is 7.82. The minimum atomic E-state index is -0.349. The summed E-state index contributed by atoms with van der Waals surface area (Å²) in [6, 6.07) is 1.67. The summed E-state index contributed by atoms with van der Waals surface area (Å²) in [5.41, 5.74) is 1.18. The molecule has 11 heteroatoms. The largest absolute Gasteiger partial charge is 0.360 e. The highest BCUT2D eigenvalue weighted by molar-refractivity contribution is 7.15. The zero-order valence-corrected chi connectivity index (χ0v) is 15.8. The van der Waals surface area contributed by atoms with Crippen molar-refractivity contribution in [2.45, 2.75) is 19.9 Å². The summed E-state index contributed by atoms with van der Waals surface area (Å²) in [6.07, 6.45) is 5.08. The lowest BCUT2D eigenvalue weighted by molar-refractivity contribution is -0.117. The third kappa shape index (κ3) is 4.21. The van der Waals surface area contributed by atoms with Gasteiger partial charge in [0.2, 0.25) is 5.91 Å². The summed E-state index contributed by atoms with van der Waals surface area (Å²) in [7, 11) is 0. The van der Waals surface area contributed by atoms with Crippen LogP contribution in [0.2, 0.25) is 0 Å². The molecule has 0 aliphatic carbocycles. The smallest absolute Gasteiger partial charge is 0.277 e. The Labute approximate surface area is 164 Å². The van der Waals surface area contributed by atoms with Crippen LogP contribution in [0.4, 0.5) is 10.9 Å². The molecule has 0 radical (unpaired) electrons. The summed E-state index contributed by atoms with van der Waals surface area (Å²) in [4.78, 5) is 39.8. The first-order valence-electron chi connectivity index (χ1n) is 8.58. The average Bonchev–Trinajstić information content (AvgIpc) is 3.27. The molecular formula is C17H17N7O3S. The van der Waals surface area contributed by atoms with Crippen molar-refractivity contribution in [3.63, 3.8) is 0 Å². The number of fused-ring (bicyclic) bond motifs is 1. The van der Waals surface area contributed by atoms with Gasteiger partial charge in [0.15, 0.2) is 10.9 Å². The van der Waals surface area contributed by atoms with Crippen LogP contribution in [0.25, 0.3) is 0 Å². The number of hydrogen-bond donors (Lipinski definition) is 2. The Morgan fingerprint density at radius 1 is 1.32 bits per heavy atom. The van der Waals surface area contributed by atoms with Crippen molar-refractivity contribution in [3.05, 3.63) is 46.7 Å². The molecule has 0 bridgehead atoms. The molecule has 4 heterocycles. The number of thiazole rings is 1. The Balaban J connectivity index is 1.35. The fourth-order valence-corrected chi connectivity index (χ4v) is 3.87. The number of rotatable bonds is 5. The quantitative estimate of drug-likeness (QED) is 0.661. The van der Waals surface area contributed by atoms with E-state index in [0.29, 0.717) is 36.2 Å². The first-order chi connectivity index (χ1) is 13.6. The number of aryl methyl sites for hydroxylation is 1. The Bertz CT molecular complexity index is 1000. The third-order valence-corrected chi connectivity index (χ3v) is 5.09. The number of hydrogen-bond acceptors (Lipinski definition) is 9. The van der Waals surface area contributed by atoms with E-state index in [9.17, 15) is 9.59 Å². The molecule has 0 unspecified atom stereocenters. The predicted octanol–water partition coefficient (Wildman–Crippen LogP) is 1.48. The van der Waals surface area contributed by atoms with Gasteiger partial charge in [0, 0.05) is 42.8 Å². The third-order valence-electron chi connectivity index (χ3n) is 4.09. The first kappa shape index (κ1) is 18.2. The van der Waals surface area contributed by atoms with Crippen molar-refractivity contribution in [2.75, 3.05) is 23.7 Å². The van der Waals surface area contributed by atoms with Gasteiger partial charge < -0.3 is 9.84 Å². The van der Waals surface area contributed by atoms with E-state index < -0.39 is 0 Å². The highest BCUT2D eigenvalue weighted by Crippen LogP contribution is 2.28. The Kier molecular flexibility index (Phi) is 5.08. The summed E-state index contributed by atoms with van der Waals surface area (Å²) in [5.74, 6) is 0.543. The monoisotopic (exact) mass is 399 g/mol. The Morgan fingerprint density at radius 3 is 2.96 bits per heavy atom. The van der Waals surface area contributed by atoms with Gasteiger partial charge in [-0.15, -0.1) is 11.3 Å². The molecule has 4 rings (SSSR count). The molecule has 0 aromatic carbocycles.